The van der Waals surface area contributed by atoms with Gasteiger partial charge in [-0.1, -0.05) is 70.5 Å². The Morgan fingerprint density at radius 1 is 0.812 bits per heavy atom. The van der Waals surface area contributed by atoms with Gasteiger partial charge in [0, 0.05) is 4.47 Å². The molecule has 2 aromatic rings. The molecular formula is C15H13Br. The van der Waals surface area contributed by atoms with Crippen molar-refractivity contribution in [1.82, 2.24) is 0 Å². The van der Waals surface area contributed by atoms with Crippen molar-refractivity contribution < 1.29 is 0 Å². The average molecular weight is 273 g/mol. The maximum absolute atomic E-state index is 3.54. The first-order valence-corrected chi connectivity index (χ1v) is 6.05. The molecule has 80 valence electrons. The van der Waals surface area contributed by atoms with Crippen LogP contribution in [0.3, 0.4) is 0 Å². The van der Waals surface area contributed by atoms with Crippen LogP contribution in [0.4, 0.5) is 0 Å². The van der Waals surface area contributed by atoms with Crippen LogP contribution >= 0.6 is 15.9 Å². The summed E-state index contributed by atoms with van der Waals surface area (Å²) in [5.41, 5.74) is 3.76. The Hall–Kier alpha value is -1.34. The minimum Gasteiger partial charge on any atom is -0.0620 e. The molecule has 1 heteroatoms. The highest BCUT2D eigenvalue weighted by atomic mass is 79.9. The normalized spacial score (nSPS) is 10.9. The van der Waals surface area contributed by atoms with Gasteiger partial charge in [0.25, 0.3) is 0 Å². The van der Waals surface area contributed by atoms with Gasteiger partial charge in [-0.15, -0.1) is 0 Å². The van der Waals surface area contributed by atoms with Gasteiger partial charge in [-0.05, 0) is 29.7 Å². The quantitative estimate of drug-likeness (QED) is 0.681. The van der Waals surface area contributed by atoms with E-state index in [1.54, 1.807) is 0 Å². The molecule has 0 saturated heterocycles. The van der Waals surface area contributed by atoms with E-state index in [1.165, 1.54) is 16.7 Å². The molecule has 0 aliphatic rings. The molecule has 0 nitrogen and oxygen atoms in total. The second kappa shape index (κ2) is 5.13. The van der Waals surface area contributed by atoms with Crippen molar-refractivity contribution in [1.29, 1.82) is 0 Å². The molecule has 0 unspecified atom stereocenters. The number of halogens is 1. The highest BCUT2D eigenvalue weighted by molar-refractivity contribution is 9.10. The van der Waals surface area contributed by atoms with Gasteiger partial charge < -0.3 is 0 Å². The lowest BCUT2D eigenvalue weighted by molar-refractivity contribution is 1.45. The molecule has 0 saturated carbocycles. The summed E-state index contributed by atoms with van der Waals surface area (Å²) in [4.78, 5) is 0. The second-order valence-electron chi connectivity index (χ2n) is 3.71. The van der Waals surface area contributed by atoms with Gasteiger partial charge in [-0.3, -0.25) is 0 Å². The summed E-state index contributed by atoms with van der Waals surface area (Å²) in [6.45, 7) is 2.12. The summed E-state index contributed by atoms with van der Waals surface area (Å²) in [6.07, 6.45) is 4.28. The van der Waals surface area contributed by atoms with Crippen molar-refractivity contribution in [3.05, 3.63) is 69.7 Å². The van der Waals surface area contributed by atoms with Gasteiger partial charge in [-0.2, -0.15) is 0 Å². The number of rotatable bonds is 2. The van der Waals surface area contributed by atoms with E-state index in [2.05, 4.69) is 71.4 Å². The largest absolute Gasteiger partial charge is 0.0620 e. The van der Waals surface area contributed by atoms with Gasteiger partial charge in [0.1, 0.15) is 0 Å². The molecule has 0 radical (unpaired) electrons. The summed E-state index contributed by atoms with van der Waals surface area (Å²) >= 11 is 3.54. The number of aryl methyl sites for hydroxylation is 1. The molecule has 0 atom stereocenters. The molecule has 2 aromatic carbocycles. The second-order valence-corrected chi connectivity index (χ2v) is 4.57. The van der Waals surface area contributed by atoms with E-state index >= 15 is 0 Å². The lowest BCUT2D eigenvalue weighted by Crippen LogP contribution is -1.78. The fraction of sp³-hybridized carbons (Fsp3) is 0.0667. The summed E-state index contributed by atoms with van der Waals surface area (Å²) in [5.74, 6) is 0. The highest BCUT2D eigenvalue weighted by Crippen LogP contribution is 2.19. The summed E-state index contributed by atoms with van der Waals surface area (Å²) in [5, 5.41) is 0. The Morgan fingerprint density at radius 3 is 2.06 bits per heavy atom. The Morgan fingerprint density at radius 2 is 1.38 bits per heavy atom. The fourth-order valence-electron chi connectivity index (χ4n) is 1.56. The van der Waals surface area contributed by atoms with E-state index in [-0.39, 0.29) is 0 Å². The first-order chi connectivity index (χ1) is 7.77. The molecule has 0 bridgehead atoms. The van der Waals surface area contributed by atoms with Crippen LogP contribution in [0.1, 0.15) is 16.7 Å². The van der Waals surface area contributed by atoms with Gasteiger partial charge in [0.2, 0.25) is 0 Å². The molecule has 0 aliphatic carbocycles. The van der Waals surface area contributed by atoms with E-state index in [1.807, 2.05) is 12.1 Å². The van der Waals surface area contributed by atoms with Crippen molar-refractivity contribution in [3.63, 3.8) is 0 Å². The average Bonchev–Trinajstić information content (AvgIpc) is 2.30. The van der Waals surface area contributed by atoms with Crippen molar-refractivity contribution in [2.45, 2.75) is 6.92 Å². The first kappa shape index (κ1) is 11.2. The lowest BCUT2D eigenvalue weighted by Gasteiger charge is -2.00. The van der Waals surface area contributed by atoms with Gasteiger partial charge >= 0.3 is 0 Å². The Balaban J connectivity index is 2.29. The molecule has 0 aromatic heterocycles. The van der Waals surface area contributed by atoms with Gasteiger partial charge in [-0.25, -0.2) is 0 Å². The van der Waals surface area contributed by atoms with Crippen LogP contribution in [-0.2, 0) is 0 Å². The van der Waals surface area contributed by atoms with Gasteiger partial charge in [0.05, 0.1) is 0 Å². The zero-order chi connectivity index (χ0) is 11.4. The zero-order valence-corrected chi connectivity index (χ0v) is 10.7. The Bertz CT molecular complexity index is 465. The number of hydrogen-bond donors (Lipinski definition) is 0. The molecule has 0 N–H and O–H groups in total. The third-order valence-corrected chi connectivity index (χ3v) is 3.26. The first-order valence-electron chi connectivity index (χ1n) is 5.25. The van der Waals surface area contributed by atoms with Crippen LogP contribution in [0.5, 0.6) is 0 Å². The van der Waals surface area contributed by atoms with E-state index in [9.17, 15) is 0 Å². The third-order valence-electron chi connectivity index (χ3n) is 2.54. The smallest absolute Gasteiger partial charge is 0.0247 e. The maximum Gasteiger partial charge on any atom is 0.0247 e. The molecule has 0 aliphatic heterocycles. The molecular weight excluding hydrogens is 260 g/mol. The van der Waals surface area contributed by atoms with Crippen molar-refractivity contribution in [3.8, 4) is 0 Å². The summed E-state index contributed by atoms with van der Waals surface area (Å²) < 4.78 is 1.12. The minimum atomic E-state index is 1.12. The van der Waals surface area contributed by atoms with Crippen molar-refractivity contribution >= 4 is 28.1 Å². The Kier molecular flexibility index (Phi) is 3.58. The minimum absolute atomic E-state index is 1.12. The highest BCUT2D eigenvalue weighted by Gasteiger charge is 1.94. The number of hydrogen-bond acceptors (Lipinski definition) is 0. The third kappa shape index (κ3) is 2.61. The lowest BCUT2D eigenvalue weighted by atomic mass is 10.1. The van der Waals surface area contributed by atoms with E-state index in [4.69, 9.17) is 0 Å². The van der Waals surface area contributed by atoms with Crippen LogP contribution in [0, 0.1) is 6.92 Å². The van der Waals surface area contributed by atoms with E-state index in [0.29, 0.717) is 0 Å². The predicted molar refractivity (Wildman–Crippen MR) is 74.2 cm³/mol. The monoisotopic (exact) mass is 272 g/mol. The van der Waals surface area contributed by atoms with Crippen molar-refractivity contribution in [2.24, 2.45) is 0 Å². The van der Waals surface area contributed by atoms with Crippen LogP contribution in [0.2, 0.25) is 0 Å². The Labute approximate surface area is 105 Å². The molecule has 0 heterocycles. The standard InChI is InChI=1S/C15H13Br/c1-12-6-2-3-7-13(12)10-11-14-8-4-5-9-15(14)16/h2-11H,1H3. The fourth-order valence-corrected chi connectivity index (χ4v) is 1.98. The van der Waals surface area contributed by atoms with Crippen LogP contribution in [-0.4, -0.2) is 0 Å². The molecule has 0 amide bonds. The van der Waals surface area contributed by atoms with Crippen LogP contribution in [0.25, 0.3) is 12.2 Å². The molecule has 0 fully saturated rings. The van der Waals surface area contributed by atoms with E-state index in [0.717, 1.165) is 4.47 Å². The summed E-state index contributed by atoms with van der Waals surface area (Å²) in [6, 6.07) is 16.6. The zero-order valence-electron chi connectivity index (χ0n) is 9.15. The number of benzene rings is 2. The van der Waals surface area contributed by atoms with Gasteiger partial charge in [0.15, 0.2) is 0 Å². The van der Waals surface area contributed by atoms with Crippen molar-refractivity contribution in [2.75, 3.05) is 0 Å². The molecule has 2 rings (SSSR count). The maximum atomic E-state index is 3.54. The topological polar surface area (TPSA) is 0 Å². The molecule has 16 heavy (non-hydrogen) atoms. The van der Waals surface area contributed by atoms with E-state index < -0.39 is 0 Å². The van der Waals surface area contributed by atoms with Crippen LogP contribution < -0.4 is 0 Å². The molecule has 0 spiro atoms. The van der Waals surface area contributed by atoms with Crippen LogP contribution in [0.15, 0.2) is 53.0 Å². The predicted octanol–water partition coefficient (Wildman–Crippen LogP) is 4.93. The SMILES string of the molecule is Cc1ccccc1C=Cc1ccccc1Br. The summed E-state index contributed by atoms with van der Waals surface area (Å²) in [7, 11) is 0.